The highest BCUT2D eigenvalue weighted by atomic mass is 35.5. The standard InChI is InChI=1S/C20H19ClN2O2S/c1-2-11-23(14-17-4-3-12-26-17)20(24)10-9-19-22-13-18(25-19)15-5-7-16(21)8-6-15/h2-8,12-13H,1,9-11,14H2. The average molecular weight is 387 g/mol. The SMILES string of the molecule is C=CCN(Cc1cccs1)C(=O)CCc1ncc(-c2ccc(Cl)cc2)o1. The van der Waals surface area contributed by atoms with E-state index < -0.39 is 0 Å². The first-order valence-corrected chi connectivity index (χ1v) is 9.53. The van der Waals surface area contributed by atoms with Crippen LogP contribution >= 0.6 is 22.9 Å². The molecular formula is C20H19ClN2O2S. The first kappa shape index (κ1) is 18.4. The summed E-state index contributed by atoms with van der Waals surface area (Å²) >= 11 is 7.54. The Hall–Kier alpha value is -2.37. The molecule has 1 amide bonds. The summed E-state index contributed by atoms with van der Waals surface area (Å²) in [6.07, 6.45) is 4.23. The van der Waals surface area contributed by atoms with Crippen LogP contribution in [0.1, 0.15) is 17.2 Å². The third-order valence-electron chi connectivity index (χ3n) is 3.86. The number of carbonyl (C=O) groups is 1. The predicted molar refractivity (Wildman–Crippen MR) is 105 cm³/mol. The lowest BCUT2D eigenvalue weighted by Crippen LogP contribution is -2.30. The molecule has 0 aliphatic heterocycles. The van der Waals surface area contributed by atoms with Crippen molar-refractivity contribution in [3.8, 4) is 11.3 Å². The number of nitrogens with zero attached hydrogens (tertiary/aromatic N) is 2. The second-order valence-electron chi connectivity index (χ2n) is 5.77. The molecule has 0 radical (unpaired) electrons. The van der Waals surface area contributed by atoms with Gasteiger partial charge in [0, 0.05) is 34.8 Å². The second-order valence-corrected chi connectivity index (χ2v) is 7.24. The molecular weight excluding hydrogens is 368 g/mol. The minimum absolute atomic E-state index is 0.0598. The van der Waals surface area contributed by atoms with Crippen molar-refractivity contribution in [2.24, 2.45) is 0 Å². The van der Waals surface area contributed by atoms with Crippen LogP contribution in [0.4, 0.5) is 0 Å². The number of amides is 1. The molecule has 1 aromatic carbocycles. The smallest absolute Gasteiger partial charge is 0.223 e. The number of rotatable bonds is 8. The van der Waals surface area contributed by atoms with E-state index in [0.29, 0.717) is 42.6 Å². The molecule has 3 aromatic rings. The fourth-order valence-corrected chi connectivity index (χ4v) is 3.39. The van der Waals surface area contributed by atoms with Crippen LogP contribution in [-0.2, 0) is 17.8 Å². The Morgan fingerprint density at radius 2 is 2.12 bits per heavy atom. The summed E-state index contributed by atoms with van der Waals surface area (Å²) in [7, 11) is 0. The molecule has 0 bridgehead atoms. The normalized spacial score (nSPS) is 10.7. The molecule has 0 spiro atoms. The van der Waals surface area contributed by atoms with Gasteiger partial charge in [0.05, 0.1) is 12.7 Å². The van der Waals surface area contributed by atoms with E-state index in [0.717, 1.165) is 10.4 Å². The van der Waals surface area contributed by atoms with E-state index in [4.69, 9.17) is 16.0 Å². The van der Waals surface area contributed by atoms with Gasteiger partial charge in [-0.2, -0.15) is 0 Å². The molecule has 6 heteroatoms. The maximum Gasteiger partial charge on any atom is 0.223 e. The van der Waals surface area contributed by atoms with Gasteiger partial charge in [-0.3, -0.25) is 4.79 Å². The fraction of sp³-hybridized carbons (Fsp3) is 0.200. The van der Waals surface area contributed by atoms with E-state index in [1.807, 2.05) is 29.6 Å². The number of oxazole rings is 1. The Balaban J connectivity index is 1.59. The molecule has 2 heterocycles. The van der Waals surface area contributed by atoms with Crippen LogP contribution in [0.2, 0.25) is 5.02 Å². The number of thiophene rings is 1. The van der Waals surface area contributed by atoms with E-state index >= 15 is 0 Å². The third-order valence-corrected chi connectivity index (χ3v) is 4.98. The Morgan fingerprint density at radius 3 is 2.81 bits per heavy atom. The molecule has 0 aliphatic rings. The van der Waals surface area contributed by atoms with E-state index in [2.05, 4.69) is 11.6 Å². The van der Waals surface area contributed by atoms with Crippen LogP contribution in [-0.4, -0.2) is 22.3 Å². The van der Waals surface area contributed by atoms with Gasteiger partial charge in [-0.15, -0.1) is 17.9 Å². The number of hydrogen-bond donors (Lipinski definition) is 0. The molecule has 4 nitrogen and oxygen atoms in total. The highest BCUT2D eigenvalue weighted by molar-refractivity contribution is 7.09. The fourth-order valence-electron chi connectivity index (χ4n) is 2.55. The largest absolute Gasteiger partial charge is 0.441 e. The van der Waals surface area contributed by atoms with Crippen molar-refractivity contribution < 1.29 is 9.21 Å². The minimum atomic E-state index is 0.0598. The van der Waals surface area contributed by atoms with Gasteiger partial charge in [-0.25, -0.2) is 4.98 Å². The molecule has 2 aromatic heterocycles. The maximum absolute atomic E-state index is 12.5. The van der Waals surface area contributed by atoms with Gasteiger partial charge in [0.1, 0.15) is 0 Å². The lowest BCUT2D eigenvalue weighted by atomic mass is 10.2. The van der Waals surface area contributed by atoms with E-state index in [-0.39, 0.29) is 5.91 Å². The molecule has 0 aliphatic carbocycles. The maximum atomic E-state index is 12.5. The van der Waals surface area contributed by atoms with Crippen LogP contribution in [0, 0.1) is 0 Å². The number of benzene rings is 1. The molecule has 26 heavy (non-hydrogen) atoms. The number of aromatic nitrogens is 1. The van der Waals surface area contributed by atoms with E-state index in [1.165, 1.54) is 0 Å². The van der Waals surface area contributed by atoms with Gasteiger partial charge in [0.25, 0.3) is 0 Å². The number of hydrogen-bond acceptors (Lipinski definition) is 4. The van der Waals surface area contributed by atoms with Gasteiger partial charge in [-0.1, -0.05) is 23.7 Å². The summed E-state index contributed by atoms with van der Waals surface area (Å²) < 4.78 is 5.76. The summed E-state index contributed by atoms with van der Waals surface area (Å²) in [4.78, 5) is 19.8. The number of aryl methyl sites for hydroxylation is 1. The highest BCUT2D eigenvalue weighted by Gasteiger charge is 2.15. The van der Waals surface area contributed by atoms with Gasteiger partial charge in [-0.05, 0) is 35.7 Å². The summed E-state index contributed by atoms with van der Waals surface area (Å²) in [6, 6.07) is 11.4. The topological polar surface area (TPSA) is 46.3 Å². The quantitative estimate of drug-likeness (QED) is 0.499. The van der Waals surface area contributed by atoms with Crippen molar-refractivity contribution >= 4 is 28.8 Å². The van der Waals surface area contributed by atoms with Crippen LogP contribution in [0.5, 0.6) is 0 Å². The van der Waals surface area contributed by atoms with Crippen molar-refractivity contribution in [2.75, 3.05) is 6.54 Å². The van der Waals surface area contributed by atoms with Crippen molar-refractivity contribution in [1.29, 1.82) is 0 Å². The Labute approximate surface area is 161 Å². The molecule has 0 N–H and O–H groups in total. The monoisotopic (exact) mass is 386 g/mol. The third kappa shape index (κ3) is 4.84. The summed E-state index contributed by atoms with van der Waals surface area (Å²) in [5.41, 5.74) is 0.908. The molecule has 0 atom stereocenters. The van der Waals surface area contributed by atoms with Crippen molar-refractivity contribution in [1.82, 2.24) is 9.88 Å². The Morgan fingerprint density at radius 1 is 1.31 bits per heavy atom. The van der Waals surface area contributed by atoms with Crippen LogP contribution < -0.4 is 0 Å². The average Bonchev–Trinajstić information content (AvgIpc) is 3.32. The highest BCUT2D eigenvalue weighted by Crippen LogP contribution is 2.23. The van der Waals surface area contributed by atoms with Crippen LogP contribution in [0.3, 0.4) is 0 Å². The number of halogens is 1. The zero-order valence-electron chi connectivity index (χ0n) is 14.2. The van der Waals surface area contributed by atoms with Gasteiger partial charge in [0.2, 0.25) is 5.91 Å². The van der Waals surface area contributed by atoms with Crippen LogP contribution in [0.15, 0.2) is 65.0 Å². The first-order valence-electron chi connectivity index (χ1n) is 8.27. The first-order chi connectivity index (χ1) is 12.7. The van der Waals surface area contributed by atoms with Crippen LogP contribution in [0.25, 0.3) is 11.3 Å². The van der Waals surface area contributed by atoms with Crippen molar-refractivity contribution in [3.63, 3.8) is 0 Å². The lowest BCUT2D eigenvalue weighted by Gasteiger charge is -2.20. The number of carbonyl (C=O) groups excluding carboxylic acids is 1. The summed E-state index contributed by atoms with van der Waals surface area (Å²) in [6.45, 7) is 4.87. The van der Waals surface area contributed by atoms with Gasteiger partial charge in [0.15, 0.2) is 11.7 Å². The Bertz CT molecular complexity index is 856. The Kier molecular flexibility index (Phi) is 6.26. The minimum Gasteiger partial charge on any atom is -0.441 e. The molecule has 0 fully saturated rings. The van der Waals surface area contributed by atoms with Crippen molar-refractivity contribution in [3.05, 3.63) is 76.4 Å². The summed E-state index contributed by atoms with van der Waals surface area (Å²) in [5.74, 6) is 1.29. The molecule has 0 saturated carbocycles. The van der Waals surface area contributed by atoms with E-state index in [1.54, 1.807) is 40.6 Å². The van der Waals surface area contributed by atoms with E-state index in [9.17, 15) is 4.79 Å². The zero-order chi connectivity index (χ0) is 18.4. The molecule has 0 saturated heterocycles. The lowest BCUT2D eigenvalue weighted by molar-refractivity contribution is -0.131. The predicted octanol–water partition coefficient (Wildman–Crippen LogP) is 5.20. The second kappa shape index (κ2) is 8.83. The molecule has 0 unspecified atom stereocenters. The molecule has 3 rings (SSSR count). The zero-order valence-corrected chi connectivity index (χ0v) is 15.8. The van der Waals surface area contributed by atoms with Crippen molar-refractivity contribution in [2.45, 2.75) is 19.4 Å². The van der Waals surface area contributed by atoms with Gasteiger partial charge >= 0.3 is 0 Å². The van der Waals surface area contributed by atoms with Gasteiger partial charge < -0.3 is 9.32 Å². The molecule has 134 valence electrons. The summed E-state index contributed by atoms with van der Waals surface area (Å²) in [5, 5.41) is 2.68.